The lowest BCUT2D eigenvalue weighted by molar-refractivity contribution is 0.102. The van der Waals surface area contributed by atoms with E-state index in [1.807, 2.05) is 0 Å². The van der Waals surface area contributed by atoms with Crippen molar-refractivity contribution < 1.29 is 18.7 Å². The second kappa shape index (κ2) is 8.14. The molecule has 160 valence electrons. The number of aromatic amines is 1. The Kier molecular flexibility index (Phi) is 5.03. The Morgan fingerprint density at radius 2 is 1.94 bits per heavy atom. The van der Waals surface area contributed by atoms with Gasteiger partial charge >= 0.3 is 6.09 Å². The second-order valence-electron chi connectivity index (χ2n) is 7.45. The minimum Gasteiger partial charge on any atom is -0.447 e. The van der Waals surface area contributed by atoms with Gasteiger partial charge in [0, 0.05) is 23.4 Å². The molecule has 1 aliphatic heterocycles. The van der Waals surface area contributed by atoms with Crippen molar-refractivity contribution in [3.8, 4) is 0 Å². The quantitative estimate of drug-likeness (QED) is 0.488. The van der Waals surface area contributed by atoms with Crippen molar-refractivity contribution in [1.29, 1.82) is 0 Å². The fraction of sp³-hybridized carbons (Fsp3) is 0.125. The van der Waals surface area contributed by atoms with Gasteiger partial charge in [-0.2, -0.15) is 0 Å². The molecule has 0 bridgehead atoms. The van der Waals surface area contributed by atoms with Crippen LogP contribution in [0.5, 0.6) is 0 Å². The molecule has 0 saturated carbocycles. The summed E-state index contributed by atoms with van der Waals surface area (Å²) in [6, 6.07) is 18.7. The maximum atomic E-state index is 13.9. The number of cyclic esters (lactones) is 1. The second-order valence-corrected chi connectivity index (χ2v) is 7.45. The molecule has 32 heavy (non-hydrogen) atoms. The van der Waals surface area contributed by atoms with Gasteiger partial charge in [0.2, 0.25) is 0 Å². The molecule has 1 fully saturated rings. The van der Waals surface area contributed by atoms with Gasteiger partial charge in [0.25, 0.3) is 5.91 Å². The molecule has 1 aromatic heterocycles. The van der Waals surface area contributed by atoms with Crippen LogP contribution in [-0.2, 0) is 11.2 Å². The van der Waals surface area contributed by atoms with Crippen LogP contribution in [0, 0.1) is 5.82 Å². The van der Waals surface area contributed by atoms with Crippen molar-refractivity contribution in [2.45, 2.75) is 6.42 Å². The normalized spacial score (nSPS) is 13.4. The van der Waals surface area contributed by atoms with Crippen molar-refractivity contribution in [1.82, 2.24) is 9.97 Å². The number of fused-ring (bicyclic) bond motifs is 1. The number of ether oxygens (including phenoxy) is 1. The van der Waals surface area contributed by atoms with Crippen molar-refractivity contribution in [3.63, 3.8) is 0 Å². The van der Waals surface area contributed by atoms with Crippen LogP contribution in [0.15, 0.2) is 66.7 Å². The van der Waals surface area contributed by atoms with Crippen LogP contribution in [0.4, 0.5) is 20.6 Å². The molecule has 2 heterocycles. The summed E-state index contributed by atoms with van der Waals surface area (Å²) in [7, 11) is 0. The standard InChI is InChI=1S/C24H19FN4O3/c25-19-4-2-1-3-16(19)13-22-27-20-10-7-17(14-21(20)28-22)26-23(30)15-5-8-18(9-6-15)29-11-12-32-24(29)31/h1-10,14H,11-13H2,(H,26,30)(H,27,28). The molecule has 2 amide bonds. The lowest BCUT2D eigenvalue weighted by Gasteiger charge is -2.13. The Bertz CT molecular complexity index is 1320. The monoisotopic (exact) mass is 430 g/mol. The molecule has 0 aliphatic carbocycles. The zero-order chi connectivity index (χ0) is 22.1. The number of nitrogens with one attached hydrogen (secondary N) is 2. The predicted molar refractivity (Wildman–Crippen MR) is 118 cm³/mol. The van der Waals surface area contributed by atoms with E-state index < -0.39 is 0 Å². The molecule has 2 N–H and O–H groups in total. The van der Waals surface area contributed by atoms with E-state index in [-0.39, 0.29) is 17.8 Å². The molecule has 0 radical (unpaired) electrons. The highest BCUT2D eigenvalue weighted by atomic mass is 19.1. The van der Waals surface area contributed by atoms with Crippen LogP contribution in [-0.4, -0.2) is 35.1 Å². The number of anilines is 2. The van der Waals surface area contributed by atoms with E-state index in [9.17, 15) is 14.0 Å². The minimum absolute atomic E-state index is 0.270. The fourth-order valence-corrected chi connectivity index (χ4v) is 3.67. The number of imidazole rings is 1. The average Bonchev–Trinajstić information content (AvgIpc) is 3.40. The molecule has 0 unspecified atom stereocenters. The van der Waals surface area contributed by atoms with E-state index in [4.69, 9.17) is 4.74 Å². The fourth-order valence-electron chi connectivity index (χ4n) is 3.67. The summed E-state index contributed by atoms with van der Waals surface area (Å²) >= 11 is 0. The molecular formula is C24H19FN4O3. The van der Waals surface area contributed by atoms with Crippen LogP contribution in [0.3, 0.4) is 0 Å². The lowest BCUT2D eigenvalue weighted by atomic mass is 10.1. The van der Waals surface area contributed by atoms with Gasteiger partial charge < -0.3 is 15.0 Å². The highest BCUT2D eigenvalue weighted by molar-refractivity contribution is 6.05. The first-order valence-corrected chi connectivity index (χ1v) is 10.1. The van der Waals surface area contributed by atoms with Crippen LogP contribution >= 0.6 is 0 Å². The van der Waals surface area contributed by atoms with E-state index in [0.717, 1.165) is 11.0 Å². The topological polar surface area (TPSA) is 87.3 Å². The van der Waals surface area contributed by atoms with Gasteiger partial charge in [-0.15, -0.1) is 0 Å². The zero-order valence-corrected chi connectivity index (χ0v) is 17.0. The number of H-pyrrole nitrogens is 1. The number of amides is 2. The van der Waals surface area contributed by atoms with Crippen molar-refractivity contribution in [2.24, 2.45) is 0 Å². The number of rotatable bonds is 5. The van der Waals surface area contributed by atoms with E-state index in [2.05, 4.69) is 15.3 Å². The summed E-state index contributed by atoms with van der Waals surface area (Å²) in [4.78, 5) is 33.5. The van der Waals surface area contributed by atoms with E-state index >= 15 is 0 Å². The third-order valence-electron chi connectivity index (χ3n) is 5.31. The number of halogens is 1. The number of aromatic nitrogens is 2. The Labute approximate surface area is 182 Å². The number of carbonyl (C=O) groups excluding carboxylic acids is 2. The molecule has 3 aromatic carbocycles. The number of nitrogens with zero attached hydrogens (tertiary/aromatic N) is 2. The van der Waals surface area contributed by atoms with Gasteiger partial charge in [-0.25, -0.2) is 14.2 Å². The van der Waals surface area contributed by atoms with Crippen LogP contribution in [0.1, 0.15) is 21.7 Å². The largest absolute Gasteiger partial charge is 0.447 e. The van der Waals surface area contributed by atoms with Crippen LogP contribution in [0.25, 0.3) is 11.0 Å². The first-order chi connectivity index (χ1) is 15.6. The molecule has 1 saturated heterocycles. The van der Waals surface area contributed by atoms with Gasteiger partial charge in [-0.3, -0.25) is 9.69 Å². The number of hydrogen-bond acceptors (Lipinski definition) is 4. The number of hydrogen-bond donors (Lipinski definition) is 2. The number of carbonyl (C=O) groups is 2. The summed E-state index contributed by atoms with van der Waals surface area (Å²) in [6.45, 7) is 0.854. The van der Waals surface area contributed by atoms with Gasteiger partial charge in [0.15, 0.2) is 0 Å². The summed E-state index contributed by atoms with van der Waals surface area (Å²) in [5.41, 5.74) is 3.80. The molecule has 5 rings (SSSR count). The van der Waals surface area contributed by atoms with Crippen LogP contribution in [0.2, 0.25) is 0 Å². The van der Waals surface area contributed by atoms with Gasteiger partial charge in [0.1, 0.15) is 18.2 Å². The molecule has 1 aliphatic rings. The summed E-state index contributed by atoms with van der Waals surface area (Å²) in [6.07, 6.45) is -0.0376. The average molecular weight is 430 g/mol. The summed E-state index contributed by atoms with van der Waals surface area (Å²) < 4.78 is 18.9. The first-order valence-electron chi connectivity index (χ1n) is 10.1. The molecule has 7 nitrogen and oxygen atoms in total. The third-order valence-corrected chi connectivity index (χ3v) is 5.31. The molecule has 4 aromatic rings. The number of benzene rings is 3. The smallest absolute Gasteiger partial charge is 0.414 e. The first kappa shape index (κ1) is 19.7. The lowest BCUT2D eigenvalue weighted by Crippen LogP contribution is -2.23. The van der Waals surface area contributed by atoms with Gasteiger partial charge in [0.05, 0.1) is 17.6 Å². The Morgan fingerprint density at radius 3 is 2.69 bits per heavy atom. The third kappa shape index (κ3) is 3.90. The Hall–Kier alpha value is -4.20. The molecule has 0 spiro atoms. The highest BCUT2D eigenvalue weighted by Gasteiger charge is 2.23. The van der Waals surface area contributed by atoms with Crippen molar-refractivity contribution in [3.05, 3.63) is 89.5 Å². The Balaban J connectivity index is 1.30. The maximum absolute atomic E-state index is 13.9. The highest BCUT2D eigenvalue weighted by Crippen LogP contribution is 2.22. The minimum atomic E-state index is -0.385. The summed E-state index contributed by atoms with van der Waals surface area (Å²) in [5, 5.41) is 2.86. The Morgan fingerprint density at radius 1 is 1.12 bits per heavy atom. The molecule has 0 atom stereocenters. The van der Waals surface area contributed by atoms with E-state index in [0.29, 0.717) is 47.9 Å². The molecule has 8 heteroatoms. The van der Waals surface area contributed by atoms with E-state index in [1.165, 1.54) is 11.0 Å². The molecular weight excluding hydrogens is 411 g/mol. The van der Waals surface area contributed by atoms with Gasteiger partial charge in [-0.05, 0) is 54.1 Å². The van der Waals surface area contributed by atoms with E-state index in [1.54, 1.807) is 60.7 Å². The van der Waals surface area contributed by atoms with Crippen molar-refractivity contribution >= 4 is 34.4 Å². The van der Waals surface area contributed by atoms with Gasteiger partial charge in [-0.1, -0.05) is 18.2 Å². The SMILES string of the molecule is O=C(Nc1ccc2nc(Cc3ccccc3F)[nH]c2c1)c1ccc(N2CCOC2=O)cc1. The zero-order valence-electron chi connectivity index (χ0n) is 17.0. The van der Waals surface area contributed by atoms with Crippen LogP contribution < -0.4 is 10.2 Å². The van der Waals surface area contributed by atoms with Crippen molar-refractivity contribution in [2.75, 3.05) is 23.4 Å². The maximum Gasteiger partial charge on any atom is 0.414 e. The predicted octanol–water partition coefficient (Wildman–Crippen LogP) is 4.50. The summed E-state index contributed by atoms with van der Waals surface area (Å²) in [5.74, 6) is 0.101.